The quantitative estimate of drug-likeness (QED) is 0.751. The molecule has 0 amide bonds. The Balaban J connectivity index is 1.69. The van der Waals surface area contributed by atoms with Crippen LogP contribution in [0.25, 0.3) is 0 Å². The molecular formula is C17H24N4O2S. The lowest BCUT2D eigenvalue weighted by atomic mass is 10.1. The molecule has 6 nitrogen and oxygen atoms in total. The molecule has 1 unspecified atom stereocenters. The summed E-state index contributed by atoms with van der Waals surface area (Å²) in [6.07, 6.45) is 0.482. The van der Waals surface area contributed by atoms with Gasteiger partial charge in [0.15, 0.2) is 5.78 Å². The smallest absolute Gasteiger partial charge is 0.174 e. The summed E-state index contributed by atoms with van der Waals surface area (Å²) < 4.78 is 7.68. The highest BCUT2D eigenvalue weighted by Crippen LogP contribution is 2.20. The molecule has 0 aromatic carbocycles. The third kappa shape index (κ3) is 3.74. The lowest BCUT2D eigenvalue weighted by Crippen LogP contribution is -2.46. The van der Waals surface area contributed by atoms with Crippen LogP contribution in [0.3, 0.4) is 0 Å². The molecule has 7 heteroatoms. The van der Waals surface area contributed by atoms with Gasteiger partial charge in [0.05, 0.1) is 24.6 Å². The molecule has 1 saturated heterocycles. The maximum atomic E-state index is 12.4. The predicted octanol–water partition coefficient (Wildman–Crippen LogP) is 2.47. The van der Waals surface area contributed by atoms with Crippen molar-refractivity contribution in [3.63, 3.8) is 0 Å². The molecule has 24 heavy (non-hydrogen) atoms. The molecule has 130 valence electrons. The predicted molar refractivity (Wildman–Crippen MR) is 93.4 cm³/mol. The Hall–Kier alpha value is -1.57. The van der Waals surface area contributed by atoms with E-state index in [9.17, 15) is 4.79 Å². The lowest BCUT2D eigenvalue weighted by molar-refractivity contribution is -0.0140. The topological polar surface area (TPSA) is 60.2 Å². The third-order valence-electron chi connectivity index (χ3n) is 4.43. The van der Waals surface area contributed by atoms with Crippen molar-refractivity contribution >= 4 is 17.1 Å². The van der Waals surface area contributed by atoms with Crippen molar-refractivity contribution in [2.45, 2.75) is 38.8 Å². The fourth-order valence-electron chi connectivity index (χ4n) is 3.03. The Kier molecular flexibility index (Phi) is 5.43. The van der Waals surface area contributed by atoms with Gasteiger partial charge in [-0.2, -0.15) is 0 Å². The molecular weight excluding hydrogens is 324 g/mol. The number of carbonyl (C=O) groups excluding carboxylic acids is 1. The van der Waals surface area contributed by atoms with Crippen LogP contribution in [0.4, 0.5) is 0 Å². The van der Waals surface area contributed by atoms with Gasteiger partial charge in [0.1, 0.15) is 11.6 Å². The van der Waals surface area contributed by atoms with E-state index >= 15 is 0 Å². The standard InChI is InChI=1S/C17H24N4O2S/c1-12(2)17-19-18-16(20(17)3)10-21-6-7-23-11-13(21)9-14(22)15-5-4-8-24-15/h4-5,8,12-13H,6-7,9-11H2,1-3H3. The Bertz CT molecular complexity index is 681. The van der Waals surface area contributed by atoms with Gasteiger partial charge >= 0.3 is 0 Å². The van der Waals surface area contributed by atoms with Crippen LogP contribution in [-0.4, -0.2) is 51.2 Å². The van der Waals surface area contributed by atoms with Crippen LogP contribution in [0.5, 0.6) is 0 Å². The van der Waals surface area contributed by atoms with Crippen LogP contribution >= 0.6 is 11.3 Å². The molecule has 1 aliphatic rings. The normalized spacial score (nSPS) is 19.1. The van der Waals surface area contributed by atoms with E-state index in [1.165, 1.54) is 11.3 Å². The summed E-state index contributed by atoms with van der Waals surface area (Å²) in [5.41, 5.74) is 0. The number of thiophene rings is 1. The van der Waals surface area contributed by atoms with E-state index in [0.717, 1.165) is 23.1 Å². The van der Waals surface area contributed by atoms with Crippen LogP contribution in [-0.2, 0) is 18.3 Å². The highest BCUT2D eigenvalue weighted by Gasteiger charge is 2.27. The summed E-state index contributed by atoms with van der Waals surface area (Å²) in [6, 6.07) is 3.89. The zero-order chi connectivity index (χ0) is 17.1. The van der Waals surface area contributed by atoms with Crippen molar-refractivity contribution in [3.8, 4) is 0 Å². The average Bonchev–Trinajstić information content (AvgIpc) is 3.20. The second kappa shape index (κ2) is 7.55. The number of ether oxygens (including phenoxy) is 1. The summed E-state index contributed by atoms with van der Waals surface area (Å²) in [5.74, 6) is 2.46. The number of morpholine rings is 1. The first-order chi connectivity index (χ1) is 11.6. The minimum atomic E-state index is 0.0903. The van der Waals surface area contributed by atoms with Gasteiger partial charge in [-0.25, -0.2) is 0 Å². The van der Waals surface area contributed by atoms with E-state index in [1.54, 1.807) is 0 Å². The maximum Gasteiger partial charge on any atom is 0.174 e. The zero-order valence-corrected chi connectivity index (χ0v) is 15.3. The summed E-state index contributed by atoms with van der Waals surface area (Å²) in [4.78, 5) is 15.5. The van der Waals surface area contributed by atoms with E-state index in [-0.39, 0.29) is 11.8 Å². The van der Waals surface area contributed by atoms with E-state index in [2.05, 4.69) is 33.5 Å². The maximum absolute atomic E-state index is 12.4. The van der Waals surface area contributed by atoms with Gasteiger partial charge < -0.3 is 9.30 Å². The molecule has 1 aliphatic heterocycles. The van der Waals surface area contributed by atoms with Crippen LogP contribution in [0, 0.1) is 0 Å². The zero-order valence-electron chi connectivity index (χ0n) is 14.4. The minimum absolute atomic E-state index is 0.0903. The van der Waals surface area contributed by atoms with Crippen molar-refractivity contribution in [2.24, 2.45) is 7.05 Å². The Morgan fingerprint density at radius 2 is 2.29 bits per heavy atom. The number of rotatable bonds is 6. The Labute approximate surface area is 146 Å². The van der Waals surface area contributed by atoms with Gasteiger partial charge in [0.2, 0.25) is 0 Å². The average molecular weight is 348 g/mol. The summed E-state index contributed by atoms with van der Waals surface area (Å²) in [6.45, 7) is 7.02. The molecule has 1 fully saturated rings. The van der Waals surface area contributed by atoms with Gasteiger partial charge in [-0.05, 0) is 11.4 Å². The van der Waals surface area contributed by atoms with Crippen molar-refractivity contribution in [2.75, 3.05) is 19.8 Å². The molecule has 0 bridgehead atoms. The first-order valence-corrected chi connectivity index (χ1v) is 9.21. The number of nitrogens with zero attached hydrogens (tertiary/aromatic N) is 4. The highest BCUT2D eigenvalue weighted by atomic mass is 32.1. The molecule has 2 aromatic heterocycles. The summed E-state index contributed by atoms with van der Waals surface area (Å²) in [7, 11) is 2.01. The second-order valence-corrected chi connectivity index (χ2v) is 7.44. The molecule has 0 saturated carbocycles. The molecule has 0 spiro atoms. The molecule has 3 heterocycles. The number of aromatic nitrogens is 3. The largest absolute Gasteiger partial charge is 0.378 e. The Morgan fingerprint density at radius 3 is 2.96 bits per heavy atom. The number of ketones is 1. The van der Waals surface area contributed by atoms with Crippen LogP contribution < -0.4 is 0 Å². The van der Waals surface area contributed by atoms with Gasteiger partial charge in [0, 0.05) is 32.0 Å². The number of hydrogen-bond donors (Lipinski definition) is 0. The fourth-order valence-corrected chi connectivity index (χ4v) is 3.71. The summed E-state index contributed by atoms with van der Waals surface area (Å²) in [5, 5.41) is 10.6. The van der Waals surface area contributed by atoms with E-state index in [4.69, 9.17) is 4.74 Å². The molecule has 1 atom stereocenters. The van der Waals surface area contributed by atoms with E-state index in [0.29, 0.717) is 32.1 Å². The van der Waals surface area contributed by atoms with E-state index < -0.39 is 0 Å². The third-order valence-corrected chi connectivity index (χ3v) is 5.34. The first kappa shape index (κ1) is 17.3. The van der Waals surface area contributed by atoms with Gasteiger partial charge in [-0.15, -0.1) is 21.5 Å². The van der Waals surface area contributed by atoms with Crippen LogP contribution in [0.1, 0.15) is 47.5 Å². The van der Waals surface area contributed by atoms with Crippen molar-refractivity contribution in [3.05, 3.63) is 34.0 Å². The van der Waals surface area contributed by atoms with Gasteiger partial charge in [0.25, 0.3) is 0 Å². The van der Waals surface area contributed by atoms with E-state index in [1.807, 2.05) is 24.6 Å². The number of hydrogen-bond acceptors (Lipinski definition) is 6. The van der Waals surface area contributed by atoms with Crippen molar-refractivity contribution < 1.29 is 9.53 Å². The second-order valence-electron chi connectivity index (χ2n) is 6.49. The van der Waals surface area contributed by atoms with Crippen LogP contribution in [0.15, 0.2) is 17.5 Å². The molecule has 0 aliphatic carbocycles. The molecule has 2 aromatic rings. The van der Waals surface area contributed by atoms with Crippen molar-refractivity contribution in [1.29, 1.82) is 0 Å². The number of carbonyl (C=O) groups is 1. The van der Waals surface area contributed by atoms with Crippen molar-refractivity contribution in [1.82, 2.24) is 19.7 Å². The molecule has 0 radical (unpaired) electrons. The molecule has 0 N–H and O–H groups in total. The molecule has 3 rings (SSSR count). The number of Topliss-reactive ketones (excluding diaryl/α,β-unsaturated/α-hetero) is 1. The Morgan fingerprint density at radius 1 is 1.46 bits per heavy atom. The highest BCUT2D eigenvalue weighted by molar-refractivity contribution is 7.12. The fraction of sp³-hybridized carbons (Fsp3) is 0.588. The first-order valence-electron chi connectivity index (χ1n) is 8.33. The SMILES string of the molecule is CC(C)c1nnc(CN2CCOCC2CC(=O)c2cccs2)n1C. The van der Waals surface area contributed by atoms with Crippen LogP contribution in [0.2, 0.25) is 0 Å². The monoisotopic (exact) mass is 348 g/mol. The summed E-state index contributed by atoms with van der Waals surface area (Å²) >= 11 is 1.50. The van der Waals surface area contributed by atoms with Gasteiger partial charge in [-0.1, -0.05) is 19.9 Å². The lowest BCUT2D eigenvalue weighted by Gasteiger charge is -2.34. The van der Waals surface area contributed by atoms with Gasteiger partial charge in [-0.3, -0.25) is 9.69 Å². The minimum Gasteiger partial charge on any atom is -0.378 e.